The molecule has 4 aromatic rings. The number of benzene rings is 4. The standard InChI is InChI=1S/C40H36N2/c1-29-32(27-33-13-9-11-19-38(29)33)24-23-30-21-22-31(25-26-37-28-34-14-10-12-20-39(34)41(37)2)40(30)42(35-15-5-3-6-16-35)36-17-7-4-8-18-36/h3-20,23-26H,21-22,27-28H2,1-2H3. The lowest BCUT2D eigenvalue weighted by Crippen LogP contribution is -2.17. The first-order chi connectivity index (χ1) is 20.7. The number of para-hydroxylation sites is 3. The molecule has 0 unspecified atom stereocenters. The van der Waals surface area contributed by atoms with E-state index in [2.05, 4.69) is 157 Å². The summed E-state index contributed by atoms with van der Waals surface area (Å²) in [6.45, 7) is 2.27. The normalized spacial score (nSPS) is 18.1. The average Bonchev–Trinajstić information content (AvgIpc) is 3.69. The summed E-state index contributed by atoms with van der Waals surface area (Å²) in [5, 5.41) is 0. The van der Waals surface area contributed by atoms with Gasteiger partial charge in [-0.05, 0) is 102 Å². The Labute approximate surface area is 249 Å². The fraction of sp³-hybridized carbons (Fsp3) is 0.150. The molecule has 0 fully saturated rings. The third-order valence-corrected chi connectivity index (χ3v) is 8.93. The molecule has 0 saturated heterocycles. The van der Waals surface area contributed by atoms with Gasteiger partial charge in [0.25, 0.3) is 0 Å². The highest BCUT2D eigenvalue weighted by atomic mass is 15.2. The van der Waals surface area contributed by atoms with Crippen LogP contribution in [0.5, 0.6) is 0 Å². The van der Waals surface area contributed by atoms with E-state index in [0.29, 0.717) is 0 Å². The first kappa shape index (κ1) is 26.1. The van der Waals surface area contributed by atoms with Crippen molar-refractivity contribution in [2.45, 2.75) is 32.6 Å². The Morgan fingerprint density at radius 3 is 1.93 bits per heavy atom. The van der Waals surface area contributed by atoms with E-state index in [1.54, 1.807) is 0 Å². The van der Waals surface area contributed by atoms with Crippen molar-refractivity contribution in [3.05, 3.63) is 178 Å². The van der Waals surface area contributed by atoms with E-state index >= 15 is 0 Å². The van der Waals surface area contributed by atoms with Gasteiger partial charge in [0.1, 0.15) is 0 Å². The van der Waals surface area contributed by atoms with E-state index in [1.807, 2.05) is 0 Å². The highest BCUT2D eigenvalue weighted by Gasteiger charge is 2.27. The molecule has 0 saturated carbocycles. The zero-order valence-corrected chi connectivity index (χ0v) is 24.4. The summed E-state index contributed by atoms with van der Waals surface area (Å²) in [6, 6.07) is 39.2. The van der Waals surface area contributed by atoms with Crippen LogP contribution < -0.4 is 9.80 Å². The molecule has 2 heteroatoms. The van der Waals surface area contributed by atoms with Crippen LogP contribution in [0.4, 0.5) is 17.1 Å². The quantitative estimate of drug-likeness (QED) is 0.238. The van der Waals surface area contributed by atoms with Crippen LogP contribution in [0, 0.1) is 0 Å². The molecule has 7 rings (SSSR count). The number of anilines is 3. The van der Waals surface area contributed by atoms with Crippen molar-refractivity contribution in [3.63, 3.8) is 0 Å². The molecule has 1 heterocycles. The minimum Gasteiger partial charge on any atom is -0.348 e. The fourth-order valence-electron chi connectivity index (χ4n) is 6.65. The number of fused-ring (bicyclic) bond motifs is 2. The van der Waals surface area contributed by atoms with Gasteiger partial charge in [0.05, 0.1) is 5.70 Å². The molecule has 42 heavy (non-hydrogen) atoms. The molecule has 3 aliphatic rings. The van der Waals surface area contributed by atoms with Gasteiger partial charge in [0.2, 0.25) is 0 Å². The van der Waals surface area contributed by atoms with Crippen molar-refractivity contribution in [1.82, 2.24) is 0 Å². The molecule has 2 aliphatic carbocycles. The lowest BCUT2D eigenvalue weighted by Gasteiger charge is -2.28. The molecule has 0 amide bonds. The number of likely N-dealkylation sites (N-methyl/N-ethyl adjacent to an activating group) is 1. The van der Waals surface area contributed by atoms with Gasteiger partial charge in [-0.2, -0.15) is 0 Å². The van der Waals surface area contributed by atoms with Gasteiger partial charge in [0, 0.05) is 36.2 Å². The third-order valence-electron chi connectivity index (χ3n) is 8.93. The minimum atomic E-state index is 0.970. The molecule has 1 aliphatic heterocycles. The van der Waals surface area contributed by atoms with Crippen LogP contribution in [0.3, 0.4) is 0 Å². The molecule has 4 aromatic carbocycles. The van der Waals surface area contributed by atoms with E-state index < -0.39 is 0 Å². The van der Waals surface area contributed by atoms with Crippen molar-refractivity contribution >= 4 is 22.6 Å². The lowest BCUT2D eigenvalue weighted by atomic mass is 10.1. The third kappa shape index (κ3) is 4.84. The van der Waals surface area contributed by atoms with Gasteiger partial charge in [0.15, 0.2) is 0 Å². The van der Waals surface area contributed by atoms with Gasteiger partial charge < -0.3 is 9.80 Å². The number of hydrogen-bond acceptors (Lipinski definition) is 2. The molecule has 0 radical (unpaired) electrons. The van der Waals surface area contributed by atoms with Crippen molar-refractivity contribution < 1.29 is 0 Å². The zero-order valence-electron chi connectivity index (χ0n) is 24.4. The summed E-state index contributed by atoms with van der Waals surface area (Å²) in [5.74, 6) is 0. The van der Waals surface area contributed by atoms with Gasteiger partial charge in [-0.15, -0.1) is 0 Å². The summed E-state index contributed by atoms with van der Waals surface area (Å²) in [7, 11) is 2.19. The Morgan fingerprint density at radius 1 is 0.619 bits per heavy atom. The van der Waals surface area contributed by atoms with Crippen LogP contribution in [-0.2, 0) is 12.8 Å². The van der Waals surface area contributed by atoms with Gasteiger partial charge in [-0.3, -0.25) is 0 Å². The first-order valence-corrected chi connectivity index (χ1v) is 15.0. The van der Waals surface area contributed by atoms with Gasteiger partial charge in [-0.1, -0.05) is 97.1 Å². The topological polar surface area (TPSA) is 6.48 Å². The number of allylic oxidation sites excluding steroid dienone is 9. The number of nitrogens with zero attached hydrogens (tertiary/aromatic N) is 2. The van der Waals surface area contributed by atoms with Crippen LogP contribution in [-0.4, -0.2) is 7.05 Å². The summed E-state index contributed by atoms with van der Waals surface area (Å²) in [4.78, 5) is 4.79. The molecule has 2 nitrogen and oxygen atoms in total. The largest absolute Gasteiger partial charge is 0.348 e. The van der Waals surface area contributed by atoms with E-state index in [4.69, 9.17) is 0 Å². The van der Waals surface area contributed by atoms with Gasteiger partial charge in [-0.25, -0.2) is 0 Å². The van der Waals surface area contributed by atoms with E-state index in [-0.39, 0.29) is 0 Å². The van der Waals surface area contributed by atoms with E-state index in [9.17, 15) is 0 Å². The minimum absolute atomic E-state index is 0.970. The second-order valence-corrected chi connectivity index (χ2v) is 11.4. The maximum atomic E-state index is 2.45. The second-order valence-electron chi connectivity index (χ2n) is 11.4. The molecule has 206 valence electrons. The summed E-state index contributed by atoms with van der Waals surface area (Å²) in [6.07, 6.45) is 13.5. The maximum Gasteiger partial charge on any atom is 0.0525 e. The van der Waals surface area contributed by atoms with Crippen molar-refractivity contribution in [2.75, 3.05) is 16.8 Å². The lowest BCUT2D eigenvalue weighted by molar-refractivity contribution is 1.02. The predicted molar refractivity (Wildman–Crippen MR) is 178 cm³/mol. The highest BCUT2D eigenvalue weighted by molar-refractivity contribution is 5.78. The molecular weight excluding hydrogens is 508 g/mol. The molecule has 0 atom stereocenters. The van der Waals surface area contributed by atoms with Crippen LogP contribution in [0.15, 0.2) is 162 Å². The maximum absolute atomic E-state index is 2.45. The molecule has 0 bridgehead atoms. The first-order valence-electron chi connectivity index (χ1n) is 15.0. The Bertz CT molecular complexity index is 1740. The van der Waals surface area contributed by atoms with E-state index in [0.717, 1.165) is 25.7 Å². The smallest absolute Gasteiger partial charge is 0.0525 e. The second kappa shape index (κ2) is 11.2. The molecule has 0 spiro atoms. The fourth-order valence-corrected chi connectivity index (χ4v) is 6.65. The van der Waals surface area contributed by atoms with Crippen LogP contribution >= 0.6 is 0 Å². The van der Waals surface area contributed by atoms with Crippen molar-refractivity contribution in [3.8, 4) is 0 Å². The van der Waals surface area contributed by atoms with Crippen molar-refractivity contribution in [2.24, 2.45) is 0 Å². The van der Waals surface area contributed by atoms with Crippen LogP contribution in [0.1, 0.15) is 36.5 Å². The molecular formula is C40H36N2. The zero-order chi connectivity index (χ0) is 28.5. The Balaban J connectivity index is 1.33. The Hall–Kier alpha value is -4.82. The van der Waals surface area contributed by atoms with Crippen LogP contribution in [0.2, 0.25) is 0 Å². The van der Waals surface area contributed by atoms with Crippen molar-refractivity contribution in [1.29, 1.82) is 0 Å². The number of hydrogen-bond donors (Lipinski definition) is 0. The van der Waals surface area contributed by atoms with E-state index in [1.165, 1.54) is 67.4 Å². The SMILES string of the molecule is CC1=C(C=CC2=C(N(c3ccccc3)c3ccccc3)C(=CC=C3Cc4ccccc4N3C)CC2)Cc2ccccc21. The molecule has 0 aromatic heterocycles. The predicted octanol–water partition coefficient (Wildman–Crippen LogP) is 9.96. The summed E-state index contributed by atoms with van der Waals surface area (Å²) < 4.78 is 0. The Kier molecular flexibility index (Phi) is 6.97. The monoisotopic (exact) mass is 544 g/mol. The van der Waals surface area contributed by atoms with Gasteiger partial charge >= 0.3 is 0 Å². The van der Waals surface area contributed by atoms with Crippen LogP contribution in [0.25, 0.3) is 5.57 Å². The number of rotatable bonds is 6. The average molecular weight is 545 g/mol. The summed E-state index contributed by atoms with van der Waals surface area (Å²) >= 11 is 0. The highest BCUT2D eigenvalue weighted by Crippen LogP contribution is 2.43. The summed E-state index contributed by atoms with van der Waals surface area (Å²) in [5.41, 5.74) is 16.1. The Morgan fingerprint density at radius 2 is 1.24 bits per heavy atom. The molecule has 0 N–H and O–H groups in total.